The minimum absolute atomic E-state index is 0.0567. The summed E-state index contributed by atoms with van der Waals surface area (Å²) in [4.78, 5) is 0. The second-order valence-electron chi connectivity index (χ2n) is 9.49. The van der Waals surface area contributed by atoms with Gasteiger partial charge in [-0.2, -0.15) is 0 Å². The lowest BCUT2D eigenvalue weighted by Gasteiger charge is -2.54. The van der Waals surface area contributed by atoms with Crippen LogP contribution in [0.2, 0.25) is 0 Å². The number of benzene rings is 2. The maximum Gasteiger partial charge on any atom is 0.131 e. The van der Waals surface area contributed by atoms with E-state index >= 15 is 4.39 Å². The average molecular weight is 379 g/mol. The molecule has 5 rings (SSSR count). The smallest absolute Gasteiger partial charge is 0.131 e. The molecule has 3 aliphatic carbocycles. The Bertz CT molecular complexity index is 794. The van der Waals surface area contributed by atoms with Gasteiger partial charge >= 0.3 is 0 Å². The van der Waals surface area contributed by atoms with Gasteiger partial charge in [0.2, 0.25) is 0 Å². The van der Waals surface area contributed by atoms with E-state index in [-0.39, 0.29) is 11.2 Å². The molecule has 3 saturated carbocycles. The van der Waals surface area contributed by atoms with E-state index in [1.54, 1.807) is 6.07 Å². The summed E-state index contributed by atoms with van der Waals surface area (Å²) in [5.74, 6) is -0.0567. The van der Waals surface area contributed by atoms with Crippen LogP contribution in [0.3, 0.4) is 0 Å². The lowest BCUT2D eigenvalue weighted by atomic mass is 9.50. The van der Waals surface area contributed by atoms with Crippen LogP contribution in [0.4, 0.5) is 4.39 Å². The fourth-order valence-electron chi connectivity index (χ4n) is 6.00. The number of hydrogen-bond acceptors (Lipinski definition) is 0. The number of fused-ring (bicyclic) bond motifs is 3. The van der Waals surface area contributed by atoms with E-state index in [0.29, 0.717) is 5.41 Å². The van der Waals surface area contributed by atoms with Gasteiger partial charge in [0.15, 0.2) is 0 Å². The highest BCUT2D eigenvalue weighted by molar-refractivity contribution is 5.70. The molecule has 0 aromatic heterocycles. The fourth-order valence-corrected chi connectivity index (χ4v) is 6.00. The predicted molar refractivity (Wildman–Crippen MR) is 117 cm³/mol. The summed E-state index contributed by atoms with van der Waals surface area (Å²) in [7, 11) is 0. The first-order chi connectivity index (χ1) is 13.6. The van der Waals surface area contributed by atoms with Gasteiger partial charge in [-0.15, -0.1) is 0 Å². The molecule has 0 aliphatic heterocycles. The summed E-state index contributed by atoms with van der Waals surface area (Å²) in [6.45, 7) is 4.45. The van der Waals surface area contributed by atoms with Gasteiger partial charge in [-0.05, 0) is 85.0 Å². The molecule has 0 unspecified atom stereocenters. The van der Waals surface area contributed by atoms with Crippen molar-refractivity contribution in [3.8, 4) is 11.1 Å². The Hall–Kier alpha value is -1.63. The Labute approximate surface area is 170 Å². The third-order valence-electron chi connectivity index (χ3n) is 7.82. The van der Waals surface area contributed by atoms with E-state index in [4.69, 9.17) is 0 Å². The molecule has 0 heterocycles. The monoisotopic (exact) mass is 378 g/mol. The van der Waals surface area contributed by atoms with E-state index in [9.17, 15) is 0 Å². The molecule has 2 aromatic rings. The lowest BCUT2D eigenvalue weighted by molar-refractivity contribution is 0.0311. The first-order valence-corrected chi connectivity index (χ1v) is 11.5. The summed E-state index contributed by atoms with van der Waals surface area (Å²) in [6.07, 6.45) is 14.0. The van der Waals surface area contributed by atoms with Gasteiger partial charge in [0, 0.05) is 5.56 Å². The van der Waals surface area contributed by atoms with Gasteiger partial charge in [-0.25, -0.2) is 4.39 Å². The molecule has 2 aromatic carbocycles. The SMILES string of the molecule is CCCCC12CCC(c3ccccc3-c3ccc(CCC)cc3F)(CC1)CC2. The minimum atomic E-state index is -0.0567. The molecule has 0 nitrogen and oxygen atoms in total. The molecule has 3 aliphatic rings. The second-order valence-corrected chi connectivity index (χ2v) is 9.49. The van der Waals surface area contributed by atoms with E-state index in [2.05, 4.69) is 44.2 Å². The molecule has 3 fully saturated rings. The number of rotatable bonds is 7. The van der Waals surface area contributed by atoms with Crippen molar-refractivity contribution in [1.82, 2.24) is 0 Å². The minimum Gasteiger partial charge on any atom is -0.206 e. The highest BCUT2D eigenvalue weighted by Crippen LogP contribution is 2.60. The van der Waals surface area contributed by atoms with Crippen LogP contribution < -0.4 is 0 Å². The number of unbranched alkanes of at least 4 members (excludes halogenated alkanes) is 1. The molecule has 0 N–H and O–H groups in total. The van der Waals surface area contributed by atoms with E-state index in [1.165, 1.54) is 63.4 Å². The van der Waals surface area contributed by atoms with Crippen molar-refractivity contribution in [2.75, 3.05) is 0 Å². The van der Waals surface area contributed by atoms with Gasteiger partial charge in [-0.1, -0.05) is 69.5 Å². The maximum atomic E-state index is 15.0. The van der Waals surface area contributed by atoms with Crippen molar-refractivity contribution in [2.24, 2.45) is 5.41 Å². The van der Waals surface area contributed by atoms with E-state index < -0.39 is 0 Å². The van der Waals surface area contributed by atoms with Crippen LogP contribution in [0.25, 0.3) is 11.1 Å². The zero-order chi connectivity index (χ0) is 19.6. The first-order valence-electron chi connectivity index (χ1n) is 11.5. The molecule has 28 heavy (non-hydrogen) atoms. The Kier molecular flexibility index (Phi) is 5.63. The van der Waals surface area contributed by atoms with Crippen molar-refractivity contribution in [3.63, 3.8) is 0 Å². The summed E-state index contributed by atoms with van der Waals surface area (Å²) in [5.41, 5.74) is 5.30. The second kappa shape index (κ2) is 8.01. The molecule has 2 bridgehead atoms. The molecule has 0 atom stereocenters. The number of hydrogen-bond donors (Lipinski definition) is 0. The largest absolute Gasteiger partial charge is 0.206 e. The van der Waals surface area contributed by atoms with Gasteiger partial charge < -0.3 is 0 Å². The van der Waals surface area contributed by atoms with Crippen molar-refractivity contribution < 1.29 is 4.39 Å². The summed E-state index contributed by atoms with van der Waals surface area (Å²) in [5, 5.41) is 0. The normalized spacial score (nSPS) is 26.5. The molecular weight excluding hydrogens is 343 g/mol. The highest BCUT2D eigenvalue weighted by atomic mass is 19.1. The molecule has 0 spiro atoms. The molecule has 0 amide bonds. The van der Waals surface area contributed by atoms with Crippen LogP contribution in [-0.2, 0) is 11.8 Å². The summed E-state index contributed by atoms with van der Waals surface area (Å²) in [6, 6.07) is 14.6. The molecule has 0 radical (unpaired) electrons. The Balaban J connectivity index is 1.65. The topological polar surface area (TPSA) is 0 Å². The molecule has 0 saturated heterocycles. The van der Waals surface area contributed by atoms with Crippen molar-refractivity contribution in [2.45, 2.75) is 89.9 Å². The Morgan fingerprint density at radius 1 is 0.821 bits per heavy atom. The van der Waals surface area contributed by atoms with Gasteiger partial charge in [0.1, 0.15) is 5.82 Å². The van der Waals surface area contributed by atoms with Gasteiger partial charge in [0.25, 0.3) is 0 Å². The third-order valence-corrected chi connectivity index (χ3v) is 7.82. The number of aryl methyl sites for hydroxylation is 1. The number of halogens is 1. The van der Waals surface area contributed by atoms with Gasteiger partial charge in [-0.3, -0.25) is 0 Å². The van der Waals surface area contributed by atoms with E-state index in [0.717, 1.165) is 29.5 Å². The van der Waals surface area contributed by atoms with Crippen LogP contribution in [0.1, 0.15) is 89.2 Å². The summed E-state index contributed by atoms with van der Waals surface area (Å²) < 4.78 is 15.0. The van der Waals surface area contributed by atoms with Crippen LogP contribution >= 0.6 is 0 Å². The van der Waals surface area contributed by atoms with Gasteiger partial charge in [0.05, 0.1) is 0 Å². The zero-order valence-corrected chi connectivity index (χ0v) is 17.7. The first kappa shape index (κ1) is 19.7. The van der Waals surface area contributed by atoms with E-state index in [1.807, 2.05) is 6.07 Å². The van der Waals surface area contributed by atoms with Crippen LogP contribution in [0.5, 0.6) is 0 Å². The Morgan fingerprint density at radius 2 is 1.54 bits per heavy atom. The summed E-state index contributed by atoms with van der Waals surface area (Å²) >= 11 is 0. The van der Waals surface area contributed by atoms with Crippen LogP contribution in [-0.4, -0.2) is 0 Å². The molecule has 1 heteroatoms. The average Bonchev–Trinajstić information content (AvgIpc) is 2.74. The predicted octanol–water partition coefficient (Wildman–Crippen LogP) is 8.23. The molecular formula is C27H35F. The standard InChI is InChI=1S/C27H35F/c1-3-5-13-26-14-17-27(18-15-26,19-16-26)24-10-7-6-9-22(24)23-12-11-21(8-4-2)20-25(23)28/h6-7,9-12,20H,3-5,8,13-19H2,1-2H3. The van der Waals surface area contributed by atoms with Crippen molar-refractivity contribution in [3.05, 3.63) is 59.4 Å². The van der Waals surface area contributed by atoms with Crippen molar-refractivity contribution in [1.29, 1.82) is 0 Å². The van der Waals surface area contributed by atoms with Crippen LogP contribution in [0, 0.1) is 11.2 Å². The maximum absolute atomic E-state index is 15.0. The van der Waals surface area contributed by atoms with Crippen molar-refractivity contribution >= 4 is 0 Å². The Morgan fingerprint density at radius 3 is 2.18 bits per heavy atom. The van der Waals surface area contributed by atoms with Crippen LogP contribution in [0.15, 0.2) is 42.5 Å². The fraction of sp³-hybridized carbons (Fsp3) is 0.556. The highest BCUT2D eigenvalue weighted by Gasteiger charge is 2.49. The molecule has 150 valence electrons. The quantitative estimate of drug-likeness (QED) is 0.455. The third kappa shape index (κ3) is 3.53. The lowest BCUT2D eigenvalue weighted by Crippen LogP contribution is -2.44. The zero-order valence-electron chi connectivity index (χ0n) is 17.7.